The number of benzene rings is 2. The van der Waals surface area contributed by atoms with Gasteiger partial charge in [0.05, 0.1) is 12.4 Å². The lowest BCUT2D eigenvalue weighted by atomic mass is 10.0. The quantitative estimate of drug-likeness (QED) is 0.149. The second kappa shape index (κ2) is 12.0. The molecule has 0 spiro atoms. The molecule has 0 fully saturated rings. The fourth-order valence-electron chi connectivity index (χ4n) is 4.24. The molecule has 2 aromatic carbocycles. The van der Waals surface area contributed by atoms with Crippen molar-refractivity contribution < 1.29 is 14.3 Å². The number of thioether (sulfide) groups is 1. The molecule has 0 saturated heterocycles. The van der Waals surface area contributed by atoms with Gasteiger partial charge in [0.1, 0.15) is 10.6 Å². The number of carbonyl (C=O) groups excluding carboxylic acids is 2. The number of carbonyl (C=O) groups is 2. The van der Waals surface area contributed by atoms with Gasteiger partial charge in [0, 0.05) is 39.4 Å². The molecule has 39 heavy (non-hydrogen) atoms. The van der Waals surface area contributed by atoms with Crippen LogP contribution in [0.5, 0.6) is 0 Å². The molecule has 0 unspecified atom stereocenters. The number of amides is 1. The van der Waals surface area contributed by atoms with Crippen molar-refractivity contribution in [3.63, 3.8) is 0 Å². The average molecular weight is 575 g/mol. The van der Waals surface area contributed by atoms with E-state index >= 15 is 0 Å². The Balaban J connectivity index is 1.33. The molecule has 10 heteroatoms. The Morgan fingerprint density at radius 2 is 1.62 bits per heavy atom. The van der Waals surface area contributed by atoms with Crippen LogP contribution in [0.1, 0.15) is 22.2 Å². The van der Waals surface area contributed by atoms with Crippen molar-refractivity contribution in [3.05, 3.63) is 81.9 Å². The summed E-state index contributed by atoms with van der Waals surface area (Å²) in [6.07, 6.45) is 0. The van der Waals surface area contributed by atoms with Crippen LogP contribution < -0.4 is 5.32 Å². The summed E-state index contributed by atoms with van der Waals surface area (Å²) >= 11 is 4.28. The maximum Gasteiger partial charge on any atom is 0.341 e. The largest absolute Gasteiger partial charge is 0.462 e. The average Bonchev–Trinajstić information content (AvgIpc) is 3.65. The zero-order chi connectivity index (χ0) is 27.4. The minimum absolute atomic E-state index is 0.112. The second-order valence-electron chi connectivity index (χ2n) is 8.59. The minimum atomic E-state index is -0.459. The lowest BCUT2D eigenvalue weighted by molar-refractivity contribution is -0.113. The highest BCUT2D eigenvalue weighted by Gasteiger charge is 2.24. The van der Waals surface area contributed by atoms with Gasteiger partial charge in [-0.15, -0.1) is 32.9 Å². The van der Waals surface area contributed by atoms with Crippen molar-refractivity contribution >= 4 is 51.3 Å². The molecule has 5 rings (SSSR count). The van der Waals surface area contributed by atoms with E-state index in [0.29, 0.717) is 15.7 Å². The summed E-state index contributed by atoms with van der Waals surface area (Å²) in [5.74, 6) is 0.157. The van der Waals surface area contributed by atoms with Gasteiger partial charge in [-0.2, -0.15) is 0 Å². The number of ether oxygens (including phenoxy) is 1. The third-order valence-electron chi connectivity index (χ3n) is 6.05. The Morgan fingerprint density at radius 1 is 0.949 bits per heavy atom. The summed E-state index contributed by atoms with van der Waals surface area (Å²) in [4.78, 5) is 27.0. The van der Waals surface area contributed by atoms with Crippen LogP contribution in [0, 0.1) is 6.92 Å². The predicted molar refractivity (Wildman–Crippen MR) is 160 cm³/mol. The normalized spacial score (nSPS) is 10.9. The van der Waals surface area contributed by atoms with E-state index in [-0.39, 0.29) is 18.3 Å². The van der Waals surface area contributed by atoms with E-state index in [9.17, 15) is 9.59 Å². The number of nitrogens with zero attached hydrogens (tertiary/aromatic N) is 3. The van der Waals surface area contributed by atoms with Gasteiger partial charge in [-0.3, -0.25) is 4.79 Å². The van der Waals surface area contributed by atoms with Crippen molar-refractivity contribution in [2.24, 2.45) is 7.05 Å². The molecule has 0 aliphatic heterocycles. The fraction of sp³-hybridized carbons (Fsp3) is 0.172. The molecule has 7 nitrogen and oxygen atoms in total. The lowest BCUT2D eigenvalue weighted by Crippen LogP contribution is -2.16. The maximum absolute atomic E-state index is 13.0. The third-order valence-corrected chi connectivity index (χ3v) is 8.88. The van der Waals surface area contributed by atoms with Crippen LogP contribution in [0.15, 0.2) is 76.6 Å². The summed E-state index contributed by atoms with van der Waals surface area (Å²) in [7, 11) is 1.90. The molecule has 198 valence electrons. The first kappa shape index (κ1) is 26.9. The second-order valence-corrected chi connectivity index (χ2v) is 11.5. The van der Waals surface area contributed by atoms with Gasteiger partial charge in [-0.05, 0) is 25.0 Å². The van der Waals surface area contributed by atoms with E-state index < -0.39 is 5.97 Å². The molecule has 0 aliphatic carbocycles. The number of aryl methyl sites for hydroxylation is 1. The van der Waals surface area contributed by atoms with Crippen LogP contribution in [-0.4, -0.2) is 39.0 Å². The van der Waals surface area contributed by atoms with Crippen molar-refractivity contribution in [1.82, 2.24) is 14.8 Å². The number of aromatic nitrogens is 3. The monoisotopic (exact) mass is 574 g/mol. The Labute approximate surface area is 238 Å². The number of esters is 1. The van der Waals surface area contributed by atoms with E-state index in [1.54, 1.807) is 18.3 Å². The molecule has 0 saturated carbocycles. The fourth-order valence-corrected chi connectivity index (χ4v) is 6.78. The highest BCUT2D eigenvalue weighted by Crippen LogP contribution is 2.39. The summed E-state index contributed by atoms with van der Waals surface area (Å²) in [5.41, 5.74) is 5.28. The SMILES string of the molecule is CCOC(=O)c1c(-c2ccccc2)csc1NC(=O)CSc1nnc(-c2csc(C)c2-c2ccccc2)n1C. The molecule has 0 radical (unpaired) electrons. The van der Waals surface area contributed by atoms with Crippen LogP contribution in [0.2, 0.25) is 0 Å². The molecule has 3 aromatic heterocycles. The minimum Gasteiger partial charge on any atom is -0.462 e. The van der Waals surface area contributed by atoms with Gasteiger partial charge in [-0.25, -0.2) is 4.79 Å². The molecule has 0 aliphatic rings. The summed E-state index contributed by atoms with van der Waals surface area (Å²) < 4.78 is 7.21. The van der Waals surface area contributed by atoms with Crippen molar-refractivity contribution in [2.45, 2.75) is 19.0 Å². The van der Waals surface area contributed by atoms with Crippen molar-refractivity contribution in [3.8, 4) is 33.6 Å². The van der Waals surface area contributed by atoms with Crippen molar-refractivity contribution in [1.29, 1.82) is 0 Å². The number of thiophene rings is 2. The smallest absolute Gasteiger partial charge is 0.341 e. The van der Waals surface area contributed by atoms with E-state index in [0.717, 1.165) is 33.6 Å². The summed E-state index contributed by atoms with van der Waals surface area (Å²) in [5, 5.41) is 16.8. The van der Waals surface area contributed by atoms with Crippen LogP contribution in [0.3, 0.4) is 0 Å². The molecular formula is C29H26N4O3S3. The summed E-state index contributed by atoms with van der Waals surface area (Å²) in [6.45, 7) is 4.11. The van der Waals surface area contributed by atoms with Crippen molar-refractivity contribution in [2.75, 3.05) is 17.7 Å². The van der Waals surface area contributed by atoms with Gasteiger partial charge >= 0.3 is 5.97 Å². The number of rotatable bonds is 9. The van der Waals surface area contributed by atoms with Gasteiger partial charge in [0.2, 0.25) is 5.91 Å². The Bertz CT molecular complexity index is 1610. The van der Waals surface area contributed by atoms with Crippen LogP contribution in [0.25, 0.3) is 33.6 Å². The van der Waals surface area contributed by atoms with Crippen LogP contribution in [-0.2, 0) is 16.6 Å². The number of nitrogens with one attached hydrogen (secondary N) is 1. The third kappa shape index (κ3) is 5.68. The van der Waals surface area contributed by atoms with E-state index in [4.69, 9.17) is 4.74 Å². The number of anilines is 1. The lowest BCUT2D eigenvalue weighted by Gasteiger charge is -2.09. The van der Waals surface area contributed by atoms with Gasteiger partial charge in [0.25, 0.3) is 0 Å². The Kier molecular flexibility index (Phi) is 8.25. The first-order valence-corrected chi connectivity index (χ1v) is 15.0. The first-order valence-electron chi connectivity index (χ1n) is 12.3. The highest BCUT2D eigenvalue weighted by molar-refractivity contribution is 7.99. The topological polar surface area (TPSA) is 86.1 Å². The standard InChI is InChI=1S/C29H26N4O3S3/c1-4-36-28(35)25-21(19-11-7-5-8-12-19)15-38-27(25)30-23(34)17-39-29-32-31-26(33(29)3)22-16-37-18(2)24(22)20-13-9-6-10-14-20/h5-16H,4,17H2,1-3H3,(H,30,34). The predicted octanol–water partition coefficient (Wildman–Crippen LogP) is 7.16. The molecule has 1 N–H and O–H groups in total. The molecule has 3 heterocycles. The number of hydrogen-bond donors (Lipinski definition) is 1. The molecule has 5 aromatic rings. The van der Waals surface area contributed by atoms with Gasteiger partial charge in [0.15, 0.2) is 11.0 Å². The van der Waals surface area contributed by atoms with Gasteiger partial charge in [-0.1, -0.05) is 72.4 Å². The zero-order valence-corrected chi connectivity index (χ0v) is 24.1. The maximum atomic E-state index is 13.0. The van der Waals surface area contributed by atoms with Crippen LogP contribution in [0.4, 0.5) is 5.00 Å². The molecule has 0 atom stereocenters. The van der Waals surface area contributed by atoms with Gasteiger partial charge < -0.3 is 14.6 Å². The Morgan fingerprint density at radius 3 is 2.31 bits per heavy atom. The Hall–Kier alpha value is -3.73. The highest BCUT2D eigenvalue weighted by atomic mass is 32.2. The molecule has 1 amide bonds. The molecular weight excluding hydrogens is 549 g/mol. The zero-order valence-electron chi connectivity index (χ0n) is 21.6. The van der Waals surface area contributed by atoms with E-state index in [2.05, 4.69) is 40.0 Å². The van der Waals surface area contributed by atoms with E-state index in [1.807, 2.05) is 65.5 Å². The van der Waals surface area contributed by atoms with Crippen LogP contribution >= 0.6 is 34.4 Å². The van der Waals surface area contributed by atoms with E-state index in [1.165, 1.54) is 28.0 Å². The number of hydrogen-bond acceptors (Lipinski definition) is 8. The molecule has 0 bridgehead atoms. The summed E-state index contributed by atoms with van der Waals surface area (Å²) in [6, 6.07) is 19.8. The first-order chi connectivity index (χ1) is 19.0.